The van der Waals surface area contributed by atoms with Crippen molar-refractivity contribution in [1.82, 2.24) is 14.5 Å². The van der Waals surface area contributed by atoms with Crippen molar-refractivity contribution in [3.63, 3.8) is 0 Å². The van der Waals surface area contributed by atoms with Crippen LogP contribution in [0.4, 0.5) is 0 Å². The molecule has 0 radical (unpaired) electrons. The summed E-state index contributed by atoms with van der Waals surface area (Å²) in [6.45, 7) is 3.29. The number of aryl methyl sites for hydroxylation is 1. The molecular formula is C19H25N3O3. The van der Waals surface area contributed by atoms with Crippen LogP contribution in [-0.4, -0.2) is 54.4 Å². The monoisotopic (exact) mass is 343 g/mol. The fourth-order valence-electron chi connectivity index (χ4n) is 3.78. The Bertz CT molecular complexity index is 744. The molecule has 6 nitrogen and oxygen atoms in total. The zero-order chi connectivity index (χ0) is 17.2. The lowest BCUT2D eigenvalue weighted by Gasteiger charge is -2.22. The number of likely N-dealkylation sites (tertiary alicyclic amines) is 1. The van der Waals surface area contributed by atoms with E-state index in [0.717, 1.165) is 41.6 Å². The molecule has 1 saturated heterocycles. The minimum atomic E-state index is 0.568. The maximum atomic E-state index is 5.73. The number of ether oxygens (including phenoxy) is 3. The highest BCUT2D eigenvalue weighted by Gasteiger charge is 2.22. The second kappa shape index (κ2) is 6.96. The maximum absolute atomic E-state index is 5.73. The molecule has 0 amide bonds. The van der Waals surface area contributed by atoms with Crippen molar-refractivity contribution < 1.29 is 14.2 Å². The fourth-order valence-corrected chi connectivity index (χ4v) is 3.78. The Morgan fingerprint density at radius 3 is 2.76 bits per heavy atom. The van der Waals surface area contributed by atoms with Gasteiger partial charge in [0.05, 0.1) is 12.7 Å². The summed E-state index contributed by atoms with van der Waals surface area (Å²) in [4.78, 5) is 7.04. The summed E-state index contributed by atoms with van der Waals surface area (Å²) < 4.78 is 19.2. The van der Waals surface area contributed by atoms with Crippen LogP contribution >= 0.6 is 0 Å². The quantitative estimate of drug-likeness (QED) is 0.835. The van der Waals surface area contributed by atoms with E-state index in [-0.39, 0.29) is 0 Å². The second-order valence-corrected chi connectivity index (χ2v) is 6.71. The molecule has 4 rings (SSSR count). The van der Waals surface area contributed by atoms with Crippen molar-refractivity contribution in [1.29, 1.82) is 0 Å². The molecule has 1 aromatic carbocycles. The first-order valence-corrected chi connectivity index (χ1v) is 8.95. The molecule has 134 valence electrons. The van der Waals surface area contributed by atoms with E-state index in [1.54, 1.807) is 7.11 Å². The van der Waals surface area contributed by atoms with Gasteiger partial charge in [-0.25, -0.2) is 4.98 Å². The van der Waals surface area contributed by atoms with Gasteiger partial charge in [-0.1, -0.05) is 0 Å². The molecule has 0 saturated carbocycles. The lowest BCUT2D eigenvalue weighted by Crippen LogP contribution is -2.26. The van der Waals surface area contributed by atoms with Gasteiger partial charge < -0.3 is 23.7 Å². The number of methoxy groups -OCH3 is 1. The van der Waals surface area contributed by atoms with E-state index in [9.17, 15) is 0 Å². The summed E-state index contributed by atoms with van der Waals surface area (Å²) in [5, 5.41) is 0. The summed E-state index contributed by atoms with van der Waals surface area (Å²) in [7, 11) is 3.89. The van der Waals surface area contributed by atoms with Gasteiger partial charge in [0.15, 0.2) is 11.5 Å². The van der Waals surface area contributed by atoms with Gasteiger partial charge in [-0.3, -0.25) is 0 Å². The third-order valence-electron chi connectivity index (χ3n) is 5.20. The summed E-state index contributed by atoms with van der Waals surface area (Å²) in [6, 6.07) is 4.54. The van der Waals surface area contributed by atoms with Crippen LogP contribution in [0.3, 0.4) is 0 Å². The van der Waals surface area contributed by atoms with Gasteiger partial charge in [-0.2, -0.15) is 0 Å². The SMILES string of the molecule is COc1cc2c(cc1-c1nccn1CCC1CCCN1C)OCCO2. The lowest BCUT2D eigenvalue weighted by molar-refractivity contribution is 0.171. The van der Waals surface area contributed by atoms with Gasteiger partial charge in [0.1, 0.15) is 24.8 Å². The molecule has 1 unspecified atom stereocenters. The van der Waals surface area contributed by atoms with Crippen molar-refractivity contribution >= 4 is 0 Å². The van der Waals surface area contributed by atoms with Gasteiger partial charge in [-0.15, -0.1) is 0 Å². The van der Waals surface area contributed by atoms with E-state index in [2.05, 4.69) is 21.5 Å². The van der Waals surface area contributed by atoms with Crippen LogP contribution < -0.4 is 14.2 Å². The summed E-state index contributed by atoms with van der Waals surface area (Å²) in [5.74, 6) is 3.16. The van der Waals surface area contributed by atoms with Crippen LogP contribution in [0, 0.1) is 0 Å². The molecule has 1 fully saturated rings. The standard InChI is InChI=1S/C19H25N3O3/c1-21-7-3-4-14(21)5-8-22-9-6-20-19(22)15-12-17-18(13-16(15)23-2)25-11-10-24-17/h6,9,12-14H,3-5,7-8,10-11H2,1-2H3. The number of benzene rings is 1. The van der Waals surface area contributed by atoms with Crippen LogP contribution in [0.25, 0.3) is 11.4 Å². The molecule has 3 heterocycles. The zero-order valence-electron chi connectivity index (χ0n) is 14.9. The minimum Gasteiger partial charge on any atom is -0.496 e. The zero-order valence-corrected chi connectivity index (χ0v) is 14.9. The first kappa shape index (κ1) is 16.3. The summed E-state index contributed by atoms with van der Waals surface area (Å²) in [5.41, 5.74) is 0.941. The molecule has 1 atom stereocenters. The lowest BCUT2D eigenvalue weighted by atomic mass is 10.1. The third-order valence-corrected chi connectivity index (χ3v) is 5.20. The van der Waals surface area contributed by atoms with Gasteiger partial charge >= 0.3 is 0 Å². The smallest absolute Gasteiger partial charge is 0.165 e. The molecule has 0 N–H and O–H groups in total. The Morgan fingerprint density at radius 2 is 2.04 bits per heavy atom. The molecule has 0 aliphatic carbocycles. The van der Waals surface area contributed by atoms with Crippen LogP contribution in [0.5, 0.6) is 17.2 Å². The van der Waals surface area contributed by atoms with Crippen LogP contribution in [-0.2, 0) is 6.54 Å². The summed E-state index contributed by atoms with van der Waals surface area (Å²) >= 11 is 0. The van der Waals surface area contributed by atoms with E-state index in [1.165, 1.54) is 19.4 Å². The molecule has 2 aromatic rings. The number of hydrogen-bond donors (Lipinski definition) is 0. The molecular weight excluding hydrogens is 318 g/mol. The predicted octanol–water partition coefficient (Wildman–Crippen LogP) is 2.81. The largest absolute Gasteiger partial charge is 0.496 e. The summed E-state index contributed by atoms with van der Waals surface area (Å²) in [6.07, 6.45) is 7.61. The van der Waals surface area contributed by atoms with Crippen LogP contribution in [0.15, 0.2) is 24.5 Å². The molecule has 2 aliphatic heterocycles. The molecule has 0 spiro atoms. The molecule has 1 aromatic heterocycles. The maximum Gasteiger partial charge on any atom is 0.165 e. The Hall–Kier alpha value is -2.21. The van der Waals surface area contributed by atoms with E-state index >= 15 is 0 Å². The molecule has 2 aliphatic rings. The highest BCUT2D eigenvalue weighted by Crippen LogP contribution is 2.41. The first-order chi connectivity index (χ1) is 12.3. The van der Waals surface area contributed by atoms with Crippen LogP contribution in [0.2, 0.25) is 0 Å². The van der Waals surface area contributed by atoms with Crippen molar-refractivity contribution in [2.75, 3.05) is 33.9 Å². The highest BCUT2D eigenvalue weighted by atomic mass is 16.6. The number of aromatic nitrogens is 2. The van der Waals surface area contributed by atoms with Gasteiger partial charge in [-0.05, 0) is 38.9 Å². The van der Waals surface area contributed by atoms with Crippen molar-refractivity contribution in [3.05, 3.63) is 24.5 Å². The van der Waals surface area contributed by atoms with Gasteiger partial charge in [0, 0.05) is 31.0 Å². The normalized spacial score (nSPS) is 20.0. The Labute approximate surface area is 148 Å². The van der Waals surface area contributed by atoms with Crippen LogP contribution in [0.1, 0.15) is 19.3 Å². The fraction of sp³-hybridized carbons (Fsp3) is 0.526. The van der Waals surface area contributed by atoms with E-state index < -0.39 is 0 Å². The van der Waals surface area contributed by atoms with Gasteiger partial charge in [0.25, 0.3) is 0 Å². The highest BCUT2D eigenvalue weighted by molar-refractivity contribution is 5.70. The number of fused-ring (bicyclic) bond motifs is 1. The minimum absolute atomic E-state index is 0.568. The van der Waals surface area contributed by atoms with Crippen molar-refractivity contribution in [2.24, 2.45) is 0 Å². The van der Waals surface area contributed by atoms with E-state index in [0.29, 0.717) is 19.3 Å². The topological polar surface area (TPSA) is 48.8 Å². The molecule has 6 heteroatoms. The molecule has 0 bridgehead atoms. The van der Waals surface area contributed by atoms with E-state index in [4.69, 9.17) is 14.2 Å². The second-order valence-electron chi connectivity index (χ2n) is 6.71. The number of rotatable bonds is 5. The number of hydrogen-bond acceptors (Lipinski definition) is 5. The predicted molar refractivity (Wildman–Crippen MR) is 95.5 cm³/mol. The Morgan fingerprint density at radius 1 is 1.24 bits per heavy atom. The van der Waals surface area contributed by atoms with Crippen molar-refractivity contribution in [2.45, 2.75) is 31.8 Å². The third kappa shape index (κ3) is 3.18. The first-order valence-electron chi connectivity index (χ1n) is 8.95. The van der Waals surface area contributed by atoms with E-state index in [1.807, 2.05) is 24.5 Å². The number of nitrogens with zero attached hydrogens (tertiary/aromatic N) is 3. The molecule has 25 heavy (non-hydrogen) atoms. The van der Waals surface area contributed by atoms with Gasteiger partial charge in [0.2, 0.25) is 0 Å². The average molecular weight is 343 g/mol. The number of imidazole rings is 1. The Balaban J connectivity index is 1.60. The van der Waals surface area contributed by atoms with Crippen molar-refractivity contribution in [3.8, 4) is 28.6 Å². The Kier molecular flexibility index (Phi) is 4.53. The average Bonchev–Trinajstić information content (AvgIpc) is 3.27.